The molecule has 68 valence electrons. The van der Waals surface area contributed by atoms with Crippen LogP contribution in [0.2, 0.25) is 5.82 Å². The minimum atomic E-state index is -0.529. The van der Waals surface area contributed by atoms with Gasteiger partial charge in [-0.3, -0.25) is 0 Å². The van der Waals surface area contributed by atoms with Gasteiger partial charge in [-0.05, 0) is 0 Å². The van der Waals surface area contributed by atoms with Crippen LogP contribution in [0.4, 0.5) is 0 Å². The molecule has 0 saturated carbocycles. The molecule has 0 N–H and O–H groups in total. The van der Waals surface area contributed by atoms with Crippen LogP contribution in [0.15, 0.2) is 10.5 Å². The van der Waals surface area contributed by atoms with Crippen LogP contribution in [0.25, 0.3) is 0 Å². The zero-order valence-corrected chi connectivity index (χ0v) is 8.83. The molecule has 0 aromatic heterocycles. The van der Waals surface area contributed by atoms with Crippen molar-refractivity contribution in [3.63, 3.8) is 0 Å². The van der Waals surface area contributed by atoms with Crippen molar-refractivity contribution in [2.24, 2.45) is 0 Å². The zero-order chi connectivity index (χ0) is 9.56. The first-order valence-corrected chi connectivity index (χ1v) is 5.64. The van der Waals surface area contributed by atoms with Gasteiger partial charge in [-0.2, -0.15) is 0 Å². The van der Waals surface area contributed by atoms with Gasteiger partial charge in [-0.15, -0.1) is 0 Å². The Kier molecular flexibility index (Phi) is 5.41. The first-order chi connectivity index (χ1) is 5.65. The number of hydrogen-bond donors (Lipinski definition) is 0. The van der Waals surface area contributed by atoms with Crippen molar-refractivity contribution >= 4 is 26.9 Å². The predicted octanol–water partition coefficient (Wildman–Crippen LogP) is -0.0314. The Morgan fingerprint density at radius 1 is 1.25 bits per heavy atom. The van der Waals surface area contributed by atoms with E-state index in [9.17, 15) is 9.59 Å². The Hall–Kier alpha value is -0.801. The average Bonchev–Trinajstić information content (AvgIpc) is 2.12. The normalized spacial score (nSPS) is 10.8. The van der Waals surface area contributed by atoms with E-state index in [0.717, 1.165) is 6.08 Å². The number of carbonyl (C=O) groups excluding carboxylic acids is 2. The molecule has 0 radical (unpaired) electrons. The summed E-state index contributed by atoms with van der Waals surface area (Å²) in [6.07, 6.45) is 1.16. The van der Waals surface area contributed by atoms with Gasteiger partial charge in [0.05, 0.1) is 0 Å². The van der Waals surface area contributed by atoms with Gasteiger partial charge in [0, 0.05) is 0 Å². The molecule has 0 heterocycles. The van der Waals surface area contributed by atoms with E-state index in [-0.39, 0.29) is 15.0 Å². The van der Waals surface area contributed by atoms with Crippen LogP contribution >= 0.6 is 0 Å². The summed E-state index contributed by atoms with van der Waals surface area (Å²) in [4.78, 5) is 21.6. The molecule has 0 aliphatic carbocycles. The fraction of sp³-hybridized carbons (Fsp3) is 0.429. The topological polar surface area (TPSA) is 52.6 Å². The molecule has 0 aliphatic rings. The molecule has 12 heavy (non-hydrogen) atoms. The Labute approximate surface area is 77.1 Å². The van der Waals surface area contributed by atoms with Crippen molar-refractivity contribution in [2.45, 2.75) is 5.82 Å². The Balaban J connectivity index is 4.43. The third-order valence-corrected chi connectivity index (χ3v) is 2.58. The molecule has 0 aromatic rings. The number of ether oxygens (including phenoxy) is 2. The van der Waals surface area contributed by atoms with Crippen LogP contribution in [0.1, 0.15) is 0 Å². The molecular formula is C7H10O4Se. The van der Waals surface area contributed by atoms with Gasteiger partial charge in [-0.1, -0.05) is 0 Å². The number of rotatable bonds is 3. The molecule has 0 saturated heterocycles. The molecule has 0 unspecified atom stereocenters. The van der Waals surface area contributed by atoms with Crippen molar-refractivity contribution in [3.8, 4) is 0 Å². The molecular weight excluding hydrogens is 227 g/mol. The summed E-state index contributed by atoms with van der Waals surface area (Å²) in [5.41, 5.74) is 0. The molecule has 0 aromatic carbocycles. The first-order valence-electron chi connectivity index (χ1n) is 3.07. The van der Waals surface area contributed by atoms with Crippen LogP contribution in [-0.2, 0) is 19.1 Å². The molecule has 0 spiro atoms. The summed E-state index contributed by atoms with van der Waals surface area (Å²) in [5.74, 6) is 0.820. The van der Waals surface area contributed by atoms with Gasteiger partial charge in [0.1, 0.15) is 0 Å². The van der Waals surface area contributed by atoms with Gasteiger partial charge < -0.3 is 0 Å². The van der Waals surface area contributed by atoms with E-state index in [1.807, 2.05) is 5.82 Å². The van der Waals surface area contributed by atoms with Crippen LogP contribution in [0.3, 0.4) is 0 Å². The van der Waals surface area contributed by atoms with Gasteiger partial charge >= 0.3 is 76.5 Å². The van der Waals surface area contributed by atoms with Gasteiger partial charge in [0.15, 0.2) is 0 Å². The fourth-order valence-corrected chi connectivity index (χ4v) is 1.44. The quantitative estimate of drug-likeness (QED) is 0.393. The monoisotopic (exact) mass is 238 g/mol. The van der Waals surface area contributed by atoms with E-state index in [1.54, 1.807) is 0 Å². The predicted molar refractivity (Wildman–Crippen MR) is 43.7 cm³/mol. The third-order valence-electron chi connectivity index (χ3n) is 1.06. The SMILES string of the molecule is COC(=O)/C=C(/[Se]C)C(=O)OC. The van der Waals surface area contributed by atoms with E-state index in [0.29, 0.717) is 4.47 Å². The summed E-state index contributed by atoms with van der Waals surface area (Å²) in [6.45, 7) is 0. The van der Waals surface area contributed by atoms with Crippen molar-refractivity contribution in [1.82, 2.24) is 0 Å². The van der Waals surface area contributed by atoms with Crippen molar-refractivity contribution in [2.75, 3.05) is 14.2 Å². The molecule has 0 atom stereocenters. The van der Waals surface area contributed by atoms with Crippen molar-refractivity contribution in [1.29, 1.82) is 0 Å². The summed E-state index contributed by atoms with van der Waals surface area (Å²) in [5, 5.41) is 0. The molecule has 4 nitrogen and oxygen atoms in total. The maximum absolute atomic E-state index is 10.9. The summed E-state index contributed by atoms with van der Waals surface area (Å²) in [7, 11) is 2.54. The van der Waals surface area contributed by atoms with Crippen LogP contribution < -0.4 is 0 Å². The van der Waals surface area contributed by atoms with Crippen LogP contribution in [-0.4, -0.2) is 41.1 Å². The molecule has 0 aliphatic heterocycles. The van der Waals surface area contributed by atoms with Crippen molar-refractivity contribution in [3.05, 3.63) is 10.5 Å². The second-order valence-electron chi connectivity index (χ2n) is 1.73. The second kappa shape index (κ2) is 5.80. The average molecular weight is 237 g/mol. The van der Waals surface area contributed by atoms with E-state index in [2.05, 4.69) is 9.47 Å². The fourth-order valence-electron chi connectivity index (χ4n) is 0.468. The van der Waals surface area contributed by atoms with E-state index in [4.69, 9.17) is 0 Å². The zero-order valence-electron chi connectivity index (χ0n) is 7.12. The van der Waals surface area contributed by atoms with E-state index in [1.165, 1.54) is 14.2 Å². The van der Waals surface area contributed by atoms with Gasteiger partial charge in [-0.25, -0.2) is 0 Å². The standard InChI is InChI=1S/C7H10O4Se/c1-10-6(8)4-5(12-3)7(9)11-2/h4H,1-3H3/b5-4+. The Morgan fingerprint density at radius 2 is 1.83 bits per heavy atom. The second-order valence-corrected chi connectivity index (χ2v) is 3.51. The molecule has 5 heteroatoms. The summed E-state index contributed by atoms with van der Waals surface area (Å²) < 4.78 is 9.19. The van der Waals surface area contributed by atoms with Crippen molar-refractivity contribution < 1.29 is 19.1 Å². The Morgan fingerprint density at radius 3 is 2.17 bits per heavy atom. The number of carbonyl (C=O) groups is 2. The molecule has 0 rings (SSSR count). The molecule has 0 bridgehead atoms. The third kappa shape index (κ3) is 3.55. The molecule has 0 amide bonds. The van der Waals surface area contributed by atoms with Gasteiger partial charge in [0.2, 0.25) is 0 Å². The van der Waals surface area contributed by atoms with E-state index < -0.39 is 11.9 Å². The Bertz CT molecular complexity index is 209. The summed E-state index contributed by atoms with van der Waals surface area (Å²) in [6, 6.07) is 0. The van der Waals surface area contributed by atoms with E-state index >= 15 is 0 Å². The van der Waals surface area contributed by atoms with Gasteiger partial charge in [0.25, 0.3) is 0 Å². The first kappa shape index (κ1) is 11.2. The maximum atomic E-state index is 10.9. The molecule has 0 fully saturated rings. The minimum absolute atomic E-state index is 0.0682. The van der Waals surface area contributed by atoms with Crippen LogP contribution in [0, 0.1) is 0 Å². The number of methoxy groups -OCH3 is 2. The number of hydrogen-bond acceptors (Lipinski definition) is 4. The summed E-state index contributed by atoms with van der Waals surface area (Å²) >= 11 is -0.0682. The van der Waals surface area contributed by atoms with Crippen LogP contribution in [0.5, 0.6) is 0 Å². The number of esters is 2.